The summed E-state index contributed by atoms with van der Waals surface area (Å²) in [6, 6.07) is 5.58. The van der Waals surface area contributed by atoms with Crippen molar-refractivity contribution in [3.63, 3.8) is 0 Å². The molecular formula is C13H17FO3. The number of hydrogen-bond donors (Lipinski definition) is 0. The van der Waals surface area contributed by atoms with Gasteiger partial charge in [-0.25, -0.2) is 4.39 Å². The second kappa shape index (κ2) is 7.14. The molecule has 0 saturated carbocycles. The molecule has 0 N–H and O–H groups in total. The van der Waals surface area contributed by atoms with E-state index in [0.717, 1.165) is 0 Å². The first-order chi connectivity index (χ1) is 8.09. The van der Waals surface area contributed by atoms with Crippen LogP contribution >= 0.6 is 0 Å². The number of benzene rings is 1. The van der Waals surface area contributed by atoms with E-state index in [1.165, 1.54) is 18.2 Å². The fraction of sp³-hybridized carbons (Fsp3) is 0.462. The van der Waals surface area contributed by atoms with E-state index in [-0.39, 0.29) is 18.5 Å². The summed E-state index contributed by atoms with van der Waals surface area (Å²) in [4.78, 5) is 11.6. The molecule has 3 nitrogen and oxygen atoms in total. The fourth-order valence-corrected chi connectivity index (χ4v) is 1.25. The van der Waals surface area contributed by atoms with E-state index < -0.39 is 5.82 Å². The molecule has 1 aromatic carbocycles. The summed E-state index contributed by atoms with van der Waals surface area (Å²) >= 11 is 0. The minimum absolute atomic E-state index is 0.0507. The monoisotopic (exact) mass is 240 g/mol. The average Bonchev–Trinajstić information content (AvgIpc) is 2.28. The highest BCUT2D eigenvalue weighted by Gasteiger charge is 2.06. The molecule has 0 aromatic heterocycles. The number of Topliss-reactive ketones (excluding diaryl/α,β-unsaturated/α-hetero) is 1. The van der Waals surface area contributed by atoms with Gasteiger partial charge in [0.25, 0.3) is 0 Å². The molecule has 0 bridgehead atoms. The molecule has 94 valence electrons. The second-order valence-electron chi connectivity index (χ2n) is 3.91. The van der Waals surface area contributed by atoms with Crippen molar-refractivity contribution in [2.75, 3.05) is 19.8 Å². The van der Waals surface area contributed by atoms with E-state index in [9.17, 15) is 9.18 Å². The van der Waals surface area contributed by atoms with Crippen LogP contribution < -0.4 is 0 Å². The first-order valence-corrected chi connectivity index (χ1v) is 5.57. The smallest absolute Gasteiger partial charge is 0.188 e. The predicted molar refractivity (Wildman–Crippen MR) is 62.6 cm³/mol. The maximum absolute atomic E-state index is 12.8. The molecule has 0 aliphatic rings. The van der Waals surface area contributed by atoms with Crippen molar-refractivity contribution in [1.82, 2.24) is 0 Å². The van der Waals surface area contributed by atoms with Crippen molar-refractivity contribution < 1.29 is 18.7 Å². The lowest BCUT2D eigenvalue weighted by Gasteiger charge is -2.07. The zero-order chi connectivity index (χ0) is 12.7. The number of carbonyl (C=O) groups is 1. The Hall–Kier alpha value is -1.26. The normalized spacial score (nSPS) is 10.8. The van der Waals surface area contributed by atoms with Gasteiger partial charge >= 0.3 is 0 Å². The number of ketones is 1. The molecule has 0 amide bonds. The van der Waals surface area contributed by atoms with Crippen LogP contribution in [0, 0.1) is 5.82 Å². The van der Waals surface area contributed by atoms with Gasteiger partial charge in [0.1, 0.15) is 12.4 Å². The van der Waals surface area contributed by atoms with E-state index in [1.54, 1.807) is 6.07 Å². The van der Waals surface area contributed by atoms with Gasteiger partial charge in [-0.2, -0.15) is 0 Å². The van der Waals surface area contributed by atoms with Crippen LogP contribution in [-0.2, 0) is 9.47 Å². The van der Waals surface area contributed by atoms with Crippen LogP contribution in [0.3, 0.4) is 0 Å². The van der Waals surface area contributed by atoms with E-state index in [4.69, 9.17) is 9.47 Å². The minimum Gasteiger partial charge on any atom is -0.376 e. The zero-order valence-corrected chi connectivity index (χ0v) is 10.1. The van der Waals surface area contributed by atoms with Crippen LogP contribution in [0.15, 0.2) is 24.3 Å². The van der Waals surface area contributed by atoms with Crippen LogP contribution in [0.1, 0.15) is 24.2 Å². The van der Waals surface area contributed by atoms with Crippen LogP contribution in [-0.4, -0.2) is 31.7 Å². The standard InChI is InChI=1S/C13H17FO3/c1-10(2)17-7-6-16-9-13(15)11-4-3-5-12(14)8-11/h3-5,8,10H,6-7,9H2,1-2H3. The lowest BCUT2D eigenvalue weighted by atomic mass is 10.1. The Kier molecular flexibility index (Phi) is 5.80. The highest BCUT2D eigenvalue weighted by molar-refractivity contribution is 5.97. The number of halogens is 1. The third kappa shape index (κ3) is 5.56. The van der Waals surface area contributed by atoms with Crippen molar-refractivity contribution in [3.8, 4) is 0 Å². The Balaban J connectivity index is 2.26. The van der Waals surface area contributed by atoms with E-state index in [2.05, 4.69) is 0 Å². The van der Waals surface area contributed by atoms with E-state index >= 15 is 0 Å². The van der Waals surface area contributed by atoms with Crippen molar-refractivity contribution in [1.29, 1.82) is 0 Å². The first-order valence-electron chi connectivity index (χ1n) is 5.57. The number of ether oxygens (including phenoxy) is 2. The fourth-order valence-electron chi connectivity index (χ4n) is 1.25. The van der Waals surface area contributed by atoms with Gasteiger partial charge in [-0.05, 0) is 26.0 Å². The van der Waals surface area contributed by atoms with Crippen LogP contribution in [0.25, 0.3) is 0 Å². The number of rotatable bonds is 7. The summed E-state index contributed by atoms with van der Waals surface area (Å²) in [7, 11) is 0. The van der Waals surface area contributed by atoms with Gasteiger partial charge in [0.05, 0.1) is 19.3 Å². The molecule has 0 atom stereocenters. The molecule has 0 heterocycles. The third-order valence-corrected chi connectivity index (χ3v) is 2.06. The van der Waals surface area contributed by atoms with Crippen molar-refractivity contribution in [3.05, 3.63) is 35.6 Å². The van der Waals surface area contributed by atoms with E-state index in [0.29, 0.717) is 18.8 Å². The Morgan fingerprint density at radius 3 is 2.76 bits per heavy atom. The predicted octanol–water partition coefficient (Wildman–Crippen LogP) is 2.45. The Morgan fingerprint density at radius 2 is 2.12 bits per heavy atom. The van der Waals surface area contributed by atoms with Gasteiger partial charge in [-0.15, -0.1) is 0 Å². The summed E-state index contributed by atoms with van der Waals surface area (Å²) < 4.78 is 23.2. The van der Waals surface area contributed by atoms with Gasteiger partial charge in [0, 0.05) is 5.56 Å². The largest absolute Gasteiger partial charge is 0.376 e. The Labute approximate surface area is 101 Å². The van der Waals surface area contributed by atoms with E-state index in [1.807, 2.05) is 13.8 Å². The summed E-state index contributed by atoms with van der Waals surface area (Å²) in [6.07, 6.45) is 0.150. The first kappa shape index (κ1) is 13.8. The van der Waals surface area contributed by atoms with Gasteiger partial charge in [0.15, 0.2) is 5.78 Å². The van der Waals surface area contributed by atoms with Gasteiger partial charge in [-0.3, -0.25) is 4.79 Å². The zero-order valence-electron chi connectivity index (χ0n) is 10.1. The maximum Gasteiger partial charge on any atom is 0.188 e. The Bertz CT molecular complexity index is 363. The summed E-state index contributed by atoms with van der Waals surface area (Å²) in [5.41, 5.74) is 0.328. The lowest BCUT2D eigenvalue weighted by molar-refractivity contribution is 0.0208. The summed E-state index contributed by atoms with van der Waals surface area (Å²) in [5.74, 6) is -0.645. The molecular weight excluding hydrogens is 223 g/mol. The molecule has 0 aliphatic heterocycles. The third-order valence-electron chi connectivity index (χ3n) is 2.06. The molecule has 0 saturated heterocycles. The highest BCUT2D eigenvalue weighted by Crippen LogP contribution is 2.04. The summed E-state index contributed by atoms with van der Waals surface area (Å²) in [5, 5.41) is 0. The van der Waals surface area contributed by atoms with Crippen LogP contribution in [0.5, 0.6) is 0 Å². The maximum atomic E-state index is 12.8. The summed E-state index contributed by atoms with van der Waals surface area (Å²) in [6.45, 7) is 4.62. The van der Waals surface area contributed by atoms with Gasteiger partial charge in [-0.1, -0.05) is 12.1 Å². The number of hydrogen-bond acceptors (Lipinski definition) is 3. The molecule has 0 spiro atoms. The molecule has 17 heavy (non-hydrogen) atoms. The van der Waals surface area contributed by atoms with Crippen molar-refractivity contribution in [2.24, 2.45) is 0 Å². The quantitative estimate of drug-likeness (QED) is 0.542. The molecule has 4 heteroatoms. The molecule has 1 rings (SSSR count). The molecule has 0 radical (unpaired) electrons. The topological polar surface area (TPSA) is 35.5 Å². The SMILES string of the molecule is CC(C)OCCOCC(=O)c1cccc(F)c1. The second-order valence-corrected chi connectivity index (χ2v) is 3.91. The molecule has 0 aliphatic carbocycles. The van der Waals surface area contributed by atoms with Crippen molar-refractivity contribution >= 4 is 5.78 Å². The average molecular weight is 240 g/mol. The lowest BCUT2D eigenvalue weighted by Crippen LogP contribution is -2.14. The highest BCUT2D eigenvalue weighted by atomic mass is 19.1. The molecule has 1 aromatic rings. The number of carbonyl (C=O) groups excluding carboxylic acids is 1. The molecule has 0 unspecified atom stereocenters. The van der Waals surface area contributed by atoms with Crippen molar-refractivity contribution in [2.45, 2.75) is 20.0 Å². The van der Waals surface area contributed by atoms with Crippen LogP contribution in [0.4, 0.5) is 4.39 Å². The van der Waals surface area contributed by atoms with Crippen LogP contribution in [0.2, 0.25) is 0 Å². The van der Waals surface area contributed by atoms with Gasteiger partial charge in [0.2, 0.25) is 0 Å². The minimum atomic E-state index is -0.418. The Morgan fingerprint density at radius 1 is 1.35 bits per heavy atom. The molecule has 0 fully saturated rings. The van der Waals surface area contributed by atoms with Gasteiger partial charge < -0.3 is 9.47 Å².